The van der Waals surface area contributed by atoms with Crippen molar-refractivity contribution in [2.45, 2.75) is 217 Å². The molecule has 1 rings (SSSR count). The highest BCUT2D eigenvalue weighted by Gasteiger charge is 2.44. The minimum atomic E-state index is -1.56. The van der Waals surface area contributed by atoms with E-state index in [9.17, 15) is 30.3 Å². The average molecular weight is 712 g/mol. The van der Waals surface area contributed by atoms with Crippen molar-refractivity contribution in [2.75, 3.05) is 13.2 Å². The number of hydrogen-bond donors (Lipinski definition) is 6. The molecule has 0 spiro atoms. The van der Waals surface area contributed by atoms with E-state index in [1.165, 1.54) is 96.3 Å². The molecule has 0 aliphatic carbocycles. The van der Waals surface area contributed by atoms with Crippen molar-refractivity contribution in [3.63, 3.8) is 0 Å². The molecule has 0 aromatic rings. The van der Waals surface area contributed by atoms with Gasteiger partial charge in [-0.1, -0.05) is 147 Å². The van der Waals surface area contributed by atoms with Crippen LogP contribution >= 0.6 is 0 Å². The molecule has 1 heterocycles. The van der Waals surface area contributed by atoms with Gasteiger partial charge in [-0.2, -0.15) is 0 Å². The molecule has 50 heavy (non-hydrogen) atoms. The number of carbonyl (C=O) groups excluding carboxylic acids is 1. The summed E-state index contributed by atoms with van der Waals surface area (Å²) in [6.45, 7) is 3.73. The molecular weight excluding hydrogens is 634 g/mol. The molecule has 6 N–H and O–H groups in total. The molecule has 1 aliphatic heterocycles. The first-order valence-corrected chi connectivity index (χ1v) is 20.6. The fourth-order valence-corrected chi connectivity index (χ4v) is 6.38. The fourth-order valence-electron chi connectivity index (χ4n) is 6.38. The second kappa shape index (κ2) is 32.3. The molecule has 0 bridgehead atoms. The minimum Gasteiger partial charge on any atom is -0.394 e. The van der Waals surface area contributed by atoms with Gasteiger partial charge in [0.15, 0.2) is 6.29 Å². The summed E-state index contributed by atoms with van der Waals surface area (Å²) in [5, 5.41) is 54.0. The van der Waals surface area contributed by atoms with Gasteiger partial charge in [0.1, 0.15) is 24.4 Å². The number of aliphatic hydroxyl groups excluding tert-OH is 5. The summed E-state index contributed by atoms with van der Waals surface area (Å²) in [4.78, 5) is 12.9. The van der Waals surface area contributed by atoms with Crippen LogP contribution < -0.4 is 5.32 Å². The van der Waals surface area contributed by atoms with E-state index in [-0.39, 0.29) is 12.5 Å². The Hall–Kier alpha value is -1.33. The van der Waals surface area contributed by atoms with E-state index in [1.54, 1.807) is 6.08 Å². The summed E-state index contributed by atoms with van der Waals surface area (Å²) in [7, 11) is 0. The van der Waals surface area contributed by atoms with Crippen molar-refractivity contribution in [1.82, 2.24) is 5.32 Å². The number of rotatable bonds is 33. The van der Waals surface area contributed by atoms with E-state index in [0.29, 0.717) is 6.42 Å². The molecule has 1 fully saturated rings. The number of amides is 1. The molecule has 1 aliphatic rings. The first kappa shape index (κ1) is 46.7. The van der Waals surface area contributed by atoms with E-state index in [1.807, 2.05) is 6.08 Å². The lowest BCUT2D eigenvalue weighted by atomic mass is 9.99. The number of hydrogen-bond acceptors (Lipinski definition) is 8. The van der Waals surface area contributed by atoms with Crippen molar-refractivity contribution >= 4 is 5.91 Å². The van der Waals surface area contributed by atoms with Gasteiger partial charge in [0.2, 0.25) is 5.91 Å². The van der Waals surface area contributed by atoms with Crippen LogP contribution in [0.25, 0.3) is 0 Å². The van der Waals surface area contributed by atoms with Gasteiger partial charge in [0.25, 0.3) is 0 Å². The Kier molecular flexibility index (Phi) is 30.2. The van der Waals surface area contributed by atoms with Crippen LogP contribution in [-0.2, 0) is 14.3 Å². The Balaban J connectivity index is 2.44. The first-order valence-electron chi connectivity index (χ1n) is 20.6. The van der Waals surface area contributed by atoms with Crippen LogP contribution in [0.1, 0.15) is 174 Å². The zero-order valence-corrected chi connectivity index (χ0v) is 31.9. The Morgan fingerprint density at radius 3 is 1.64 bits per heavy atom. The third-order valence-corrected chi connectivity index (χ3v) is 9.77. The Bertz CT molecular complexity index is 837. The summed E-state index contributed by atoms with van der Waals surface area (Å²) in [6, 6.07) is -0.804. The molecular formula is C41H77NO8. The molecule has 0 aromatic carbocycles. The molecule has 9 heteroatoms. The number of nitrogens with one attached hydrogen (secondary N) is 1. The number of aliphatic hydroxyl groups is 5. The van der Waals surface area contributed by atoms with E-state index in [0.717, 1.165) is 57.8 Å². The fraction of sp³-hybridized carbons (Fsp3) is 0.878. The number of unbranched alkanes of at least 4 members (excludes halogenated alkanes) is 21. The van der Waals surface area contributed by atoms with Crippen LogP contribution in [0.15, 0.2) is 24.3 Å². The van der Waals surface area contributed by atoms with Gasteiger partial charge in [-0.05, 0) is 44.9 Å². The molecule has 1 saturated heterocycles. The topological polar surface area (TPSA) is 149 Å². The smallest absolute Gasteiger partial charge is 0.220 e. The predicted octanol–water partition coefficient (Wildman–Crippen LogP) is 7.55. The van der Waals surface area contributed by atoms with Gasteiger partial charge in [0.05, 0.1) is 25.4 Å². The Morgan fingerprint density at radius 2 is 1.12 bits per heavy atom. The van der Waals surface area contributed by atoms with Crippen molar-refractivity contribution in [1.29, 1.82) is 0 Å². The molecule has 0 radical (unpaired) electrons. The van der Waals surface area contributed by atoms with Crippen LogP contribution in [0.5, 0.6) is 0 Å². The first-order chi connectivity index (χ1) is 24.3. The lowest BCUT2D eigenvalue weighted by Gasteiger charge is -2.40. The summed E-state index contributed by atoms with van der Waals surface area (Å²) in [5.41, 5.74) is 0. The second-order valence-electron chi connectivity index (χ2n) is 14.4. The van der Waals surface area contributed by atoms with Crippen LogP contribution in [0, 0.1) is 0 Å². The Morgan fingerprint density at radius 1 is 0.660 bits per heavy atom. The normalized spacial score (nSPS) is 22.4. The van der Waals surface area contributed by atoms with Crippen molar-refractivity contribution in [3.8, 4) is 0 Å². The van der Waals surface area contributed by atoms with Gasteiger partial charge in [-0.25, -0.2) is 0 Å². The van der Waals surface area contributed by atoms with E-state index in [4.69, 9.17) is 9.47 Å². The maximum atomic E-state index is 12.9. The predicted molar refractivity (Wildman–Crippen MR) is 203 cm³/mol. The molecule has 1 amide bonds. The SMILES string of the molecule is CCCCCC/C=C/CCCCCCCC(=O)N[C@@H](CO[C@@H]1O[C@H](CO)[C@@H](O)C(O)C1O)[C@H](O)/C=C/CCCCCCCCCCCCCC. The largest absolute Gasteiger partial charge is 0.394 e. The molecule has 294 valence electrons. The van der Waals surface area contributed by atoms with Crippen LogP contribution in [0.4, 0.5) is 0 Å². The zero-order valence-electron chi connectivity index (χ0n) is 31.9. The molecule has 7 atom stereocenters. The van der Waals surface area contributed by atoms with Gasteiger partial charge in [-0.3, -0.25) is 4.79 Å². The standard InChI is InChI=1S/C41H77NO8/c1-3-5-7-9-11-13-15-17-19-20-22-24-26-28-30-35(44)34(33-49-41-40(48)39(47)38(46)36(32-43)50-41)42-37(45)31-29-27-25-23-21-18-16-14-12-10-8-6-4-2/h14,16,28,30,34-36,38-41,43-44,46-48H,3-13,15,17-27,29,31-33H2,1-2H3,(H,42,45)/b16-14+,30-28+/t34-,35+,36+,38+,39?,40?,41+/m0/s1. The third kappa shape index (κ3) is 23.3. The summed E-state index contributed by atoms with van der Waals surface area (Å²) >= 11 is 0. The van der Waals surface area contributed by atoms with Crippen molar-refractivity contribution in [2.24, 2.45) is 0 Å². The summed E-state index contributed by atoms with van der Waals surface area (Å²) in [5.74, 6) is -0.188. The Labute approximate surface area is 305 Å². The molecule has 9 nitrogen and oxygen atoms in total. The van der Waals surface area contributed by atoms with E-state index in [2.05, 4.69) is 31.3 Å². The molecule has 0 aromatic heterocycles. The van der Waals surface area contributed by atoms with Crippen molar-refractivity contribution < 1.29 is 39.8 Å². The summed E-state index contributed by atoms with van der Waals surface area (Å²) in [6.07, 6.45) is 29.3. The van der Waals surface area contributed by atoms with Gasteiger partial charge < -0.3 is 40.3 Å². The summed E-state index contributed by atoms with van der Waals surface area (Å²) < 4.78 is 11.2. The third-order valence-electron chi connectivity index (χ3n) is 9.77. The van der Waals surface area contributed by atoms with Crippen molar-refractivity contribution in [3.05, 3.63) is 24.3 Å². The highest BCUT2D eigenvalue weighted by Crippen LogP contribution is 2.22. The van der Waals surface area contributed by atoms with E-state index < -0.39 is 49.5 Å². The lowest BCUT2D eigenvalue weighted by molar-refractivity contribution is -0.302. The average Bonchev–Trinajstić information content (AvgIpc) is 3.11. The second-order valence-corrected chi connectivity index (χ2v) is 14.4. The van der Waals surface area contributed by atoms with Gasteiger partial charge in [-0.15, -0.1) is 0 Å². The number of allylic oxidation sites excluding steroid dienone is 3. The lowest BCUT2D eigenvalue weighted by Crippen LogP contribution is -2.60. The maximum Gasteiger partial charge on any atom is 0.220 e. The zero-order chi connectivity index (χ0) is 36.7. The molecule has 2 unspecified atom stereocenters. The van der Waals surface area contributed by atoms with Crippen LogP contribution in [0.2, 0.25) is 0 Å². The van der Waals surface area contributed by atoms with Gasteiger partial charge >= 0.3 is 0 Å². The number of carbonyl (C=O) groups is 1. The highest BCUT2D eigenvalue weighted by atomic mass is 16.7. The number of ether oxygens (including phenoxy) is 2. The van der Waals surface area contributed by atoms with Crippen LogP contribution in [0.3, 0.4) is 0 Å². The van der Waals surface area contributed by atoms with Gasteiger partial charge in [0, 0.05) is 6.42 Å². The quantitative estimate of drug-likeness (QED) is 0.0302. The van der Waals surface area contributed by atoms with Crippen LogP contribution in [-0.4, -0.2) is 87.5 Å². The minimum absolute atomic E-state index is 0.188. The molecule has 0 saturated carbocycles. The van der Waals surface area contributed by atoms with E-state index >= 15 is 0 Å². The highest BCUT2D eigenvalue weighted by molar-refractivity contribution is 5.76. The maximum absolute atomic E-state index is 12.9. The monoisotopic (exact) mass is 712 g/mol.